The number of carbonyl (C=O) groups is 1. The molecule has 0 aromatic carbocycles. The molecule has 0 saturated heterocycles. The second-order valence-corrected chi connectivity index (χ2v) is 3.24. The topological polar surface area (TPSA) is 63.3 Å². The first kappa shape index (κ1) is 13.0. The monoisotopic (exact) mass is 215 g/mol. The summed E-state index contributed by atoms with van der Waals surface area (Å²) in [6, 6.07) is 0. The number of aliphatic carboxylic acids is 1. The summed E-state index contributed by atoms with van der Waals surface area (Å²) in [5, 5.41) is 8.88. The maximum Gasteiger partial charge on any atom is 0.309 e. The van der Waals surface area contributed by atoms with Gasteiger partial charge in [0.1, 0.15) is 0 Å². The number of hydrogen-bond acceptors (Lipinski definition) is 2. The van der Waals surface area contributed by atoms with E-state index in [1.54, 1.807) is 13.0 Å². The van der Waals surface area contributed by atoms with E-state index >= 15 is 0 Å². The van der Waals surface area contributed by atoms with Crippen molar-refractivity contribution in [3.05, 3.63) is 12.2 Å². The van der Waals surface area contributed by atoms with Crippen molar-refractivity contribution in [3.63, 3.8) is 0 Å². The Labute approximate surface area is 89.8 Å². The molecule has 14 heavy (non-hydrogen) atoms. The predicted molar refractivity (Wildman–Crippen MR) is 57.1 cm³/mol. The maximum absolute atomic E-state index is 10.8. The number of nitrogens with two attached hydrogens (primary N) is 1. The Morgan fingerprint density at radius 2 is 2.43 bits per heavy atom. The molecule has 1 aliphatic carbocycles. The molecular weight excluding hydrogens is 202 g/mol. The lowest BCUT2D eigenvalue weighted by Gasteiger charge is -2.25. The number of hydrogen-bond donors (Lipinski definition) is 2. The molecule has 0 aromatic rings. The van der Waals surface area contributed by atoms with Gasteiger partial charge < -0.3 is 10.8 Å². The van der Waals surface area contributed by atoms with Crippen LogP contribution < -0.4 is 5.73 Å². The Morgan fingerprint density at radius 1 is 1.79 bits per heavy atom. The fraction of sp³-hybridized carbons (Fsp3) is 0.500. The molecule has 0 spiro atoms. The van der Waals surface area contributed by atoms with Crippen molar-refractivity contribution < 1.29 is 9.90 Å². The largest absolute Gasteiger partial charge is 0.481 e. The Balaban J connectivity index is 0.00000169. The van der Waals surface area contributed by atoms with Crippen molar-refractivity contribution >= 4 is 18.4 Å². The van der Waals surface area contributed by atoms with Crippen LogP contribution in [0.25, 0.3) is 0 Å². The summed E-state index contributed by atoms with van der Waals surface area (Å²) in [5.74, 6) is 4.19. The van der Waals surface area contributed by atoms with Crippen LogP contribution in [-0.4, -0.2) is 16.6 Å². The zero-order valence-corrected chi connectivity index (χ0v) is 8.80. The molecule has 3 N–H and O–H groups in total. The highest BCUT2D eigenvalue weighted by Gasteiger charge is 2.39. The minimum absolute atomic E-state index is 0. The van der Waals surface area contributed by atoms with Gasteiger partial charge in [-0.3, -0.25) is 4.79 Å². The van der Waals surface area contributed by atoms with E-state index in [-0.39, 0.29) is 12.4 Å². The first-order valence-corrected chi connectivity index (χ1v) is 4.19. The van der Waals surface area contributed by atoms with Gasteiger partial charge in [-0.05, 0) is 13.3 Å². The van der Waals surface area contributed by atoms with E-state index in [0.717, 1.165) is 0 Å². The van der Waals surface area contributed by atoms with Gasteiger partial charge in [0.25, 0.3) is 0 Å². The highest BCUT2D eigenvalue weighted by molar-refractivity contribution is 5.85. The number of halogens is 1. The summed E-state index contributed by atoms with van der Waals surface area (Å²) in [4.78, 5) is 10.8. The van der Waals surface area contributed by atoms with Crippen molar-refractivity contribution in [3.8, 4) is 11.8 Å². The zero-order valence-electron chi connectivity index (χ0n) is 7.99. The third kappa shape index (κ3) is 2.50. The minimum atomic E-state index is -0.842. The van der Waals surface area contributed by atoms with E-state index in [9.17, 15) is 4.79 Å². The first-order valence-electron chi connectivity index (χ1n) is 4.19. The molecule has 2 atom stereocenters. The number of rotatable bonds is 2. The van der Waals surface area contributed by atoms with E-state index in [4.69, 9.17) is 10.8 Å². The van der Waals surface area contributed by atoms with Gasteiger partial charge in [-0.2, -0.15) is 0 Å². The summed E-state index contributed by atoms with van der Waals surface area (Å²) < 4.78 is 0. The minimum Gasteiger partial charge on any atom is -0.481 e. The van der Waals surface area contributed by atoms with Crippen LogP contribution in [0.4, 0.5) is 0 Å². The molecule has 0 bridgehead atoms. The van der Waals surface area contributed by atoms with Crippen LogP contribution in [0.2, 0.25) is 0 Å². The summed E-state index contributed by atoms with van der Waals surface area (Å²) >= 11 is 0. The lowest BCUT2D eigenvalue weighted by Crippen LogP contribution is -2.46. The second kappa shape index (κ2) is 5.04. The summed E-state index contributed by atoms with van der Waals surface area (Å²) in [5.41, 5.74) is 5.15. The van der Waals surface area contributed by atoms with E-state index in [1.807, 2.05) is 6.08 Å². The average Bonchev–Trinajstić information content (AvgIpc) is 2.44. The lowest BCUT2D eigenvalue weighted by atomic mass is 9.85. The second-order valence-electron chi connectivity index (χ2n) is 3.24. The van der Waals surface area contributed by atoms with Gasteiger partial charge in [-0.25, -0.2) is 0 Å². The lowest BCUT2D eigenvalue weighted by molar-refractivity contribution is -0.142. The van der Waals surface area contributed by atoms with Gasteiger partial charge in [0, 0.05) is 6.42 Å². The summed E-state index contributed by atoms with van der Waals surface area (Å²) in [6.45, 7) is 1.72. The van der Waals surface area contributed by atoms with Crippen molar-refractivity contribution in [2.75, 3.05) is 0 Å². The van der Waals surface area contributed by atoms with Crippen LogP contribution in [0.15, 0.2) is 12.2 Å². The Hall–Kier alpha value is -0.980. The summed E-state index contributed by atoms with van der Waals surface area (Å²) in [6.07, 6.45) is 4.50. The maximum atomic E-state index is 10.8. The molecule has 0 heterocycles. The number of carboxylic acids is 1. The highest BCUT2D eigenvalue weighted by atomic mass is 35.5. The molecule has 3 nitrogen and oxygen atoms in total. The predicted octanol–water partition coefficient (Wildman–Crippen LogP) is 1.18. The van der Waals surface area contributed by atoms with Gasteiger partial charge in [0.15, 0.2) is 0 Å². The van der Waals surface area contributed by atoms with Gasteiger partial charge in [0.2, 0.25) is 0 Å². The normalized spacial score (nSPS) is 28.9. The van der Waals surface area contributed by atoms with Crippen LogP contribution in [0, 0.1) is 17.8 Å². The molecule has 78 valence electrons. The third-order valence-electron chi connectivity index (χ3n) is 2.32. The molecule has 2 unspecified atom stereocenters. The van der Waals surface area contributed by atoms with Crippen LogP contribution in [0.5, 0.6) is 0 Å². The van der Waals surface area contributed by atoms with Gasteiger partial charge in [0.05, 0.1) is 11.5 Å². The standard InChI is InChI=1S/C10H13NO2.ClH/c1-2-3-6-10(11)7-4-5-8(10)9(12)13;/h4,7-8H,5-6,11H2,1H3,(H,12,13);1H. The van der Waals surface area contributed by atoms with Crippen molar-refractivity contribution in [1.29, 1.82) is 0 Å². The van der Waals surface area contributed by atoms with E-state index in [1.165, 1.54) is 0 Å². The SMILES string of the molecule is CC#CCC1(N)C=CCC1C(=O)O.Cl. The Morgan fingerprint density at radius 3 is 2.93 bits per heavy atom. The summed E-state index contributed by atoms with van der Waals surface area (Å²) in [7, 11) is 0. The molecule has 0 aliphatic heterocycles. The number of carboxylic acid groups (broad SMARTS) is 1. The fourth-order valence-corrected chi connectivity index (χ4v) is 1.51. The van der Waals surface area contributed by atoms with Gasteiger partial charge in [-0.1, -0.05) is 12.2 Å². The van der Waals surface area contributed by atoms with E-state index in [0.29, 0.717) is 12.8 Å². The zero-order chi connectivity index (χ0) is 9.90. The molecule has 0 radical (unpaired) electrons. The van der Waals surface area contributed by atoms with Crippen LogP contribution in [0.3, 0.4) is 0 Å². The van der Waals surface area contributed by atoms with Crippen molar-refractivity contribution in [1.82, 2.24) is 0 Å². The Bertz CT molecular complexity index is 303. The van der Waals surface area contributed by atoms with Crippen LogP contribution in [0.1, 0.15) is 19.8 Å². The molecular formula is C10H14ClNO2. The van der Waals surface area contributed by atoms with Crippen molar-refractivity contribution in [2.45, 2.75) is 25.3 Å². The quantitative estimate of drug-likeness (QED) is 0.537. The van der Waals surface area contributed by atoms with Gasteiger partial charge >= 0.3 is 5.97 Å². The molecule has 0 amide bonds. The molecule has 0 aromatic heterocycles. The van der Waals surface area contributed by atoms with Crippen LogP contribution >= 0.6 is 12.4 Å². The van der Waals surface area contributed by atoms with Gasteiger partial charge in [-0.15, -0.1) is 24.2 Å². The van der Waals surface area contributed by atoms with E-state index < -0.39 is 17.4 Å². The smallest absolute Gasteiger partial charge is 0.309 e. The Kier molecular flexibility index (Phi) is 4.69. The van der Waals surface area contributed by atoms with Crippen molar-refractivity contribution in [2.24, 2.45) is 11.7 Å². The molecule has 1 rings (SSSR count). The van der Waals surface area contributed by atoms with E-state index in [2.05, 4.69) is 11.8 Å². The average molecular weight is 216 g/mol. The molecule has 1 aliphatic rings. The first-order chi connectivity index (χ1) is 6.10. The molecule has 0 saturated carbocycles. The highest BCUT2D eigenvalue weighted by Crippen LogP contribution is 2.30. The third-order valence-corrected chi connectivity index (χ3v) is 2.32. The number of allylic oxidation sites excluding steroid dienone is 1. The van der Waals surface area contributed by atoms with Crippen LogP contribution in [-0.2, 0) is 4.79 Å². The fourth-order valence-electron chi connectivity index (χ4n) is 1.51. The molecule has 4 heteroatoms. The molecule has 0 fully saturated rings.